The molecule has 20 heavy (non-hydrogen) atoms. The van der Waals surface area contributed by atoms with Gasteiger partial charge in [-0.25, -0.2) is 4.99 Å². The van der Waals surface area contributed by atoms with E-state index in [4.69, 9.17) is 4.74 Å². The van der Waals surface area contributed by atoms with Gasteiger partial charge in [-0.15, -0.1) is 0 Å². The van der Waals surface area contributed by atoms with Gasteiger partial charge in [0.15, 0.2) is 5.96 Å². The average Bonchev–Trinajstić information content (AvgIpc) is 2.96. The van der Waals surface area contributed by atoms with Gasteiger partial charge in [0.2, 0.25) is 0 Å². The summed E-state index contributed by atoms with van der Waals surface area (Å²) in [5.41, 5.74) is 1.22. The van der Waals surface area contributed by atoms with E-state index in [1.807, 2.05) is 12.1 Å². The summed E-state index contributed by atoms with van der Waals surface area (Å²) >= 11 is 0. The highest BCUT2D eigenvalue weighted by molar-refractivity contribution is 5.80. The fourth-order valence-electron chi connectivity index (χ4n) is 2.37. The van der Waals surface area contributed by atoms with Crippen molar-refractivity contribution in [2.75, 3.05) is 32.8 Å². The van der Waals surface area contributed by atoms with Gasteiger partial charge in [-0.05, 0) is 44.4 Å². The molecule has 2 rings (SSSR count). The lowest BCUT2D eigenvalue weighted by atomic mass is 10.2. The Morgan fingerprint density at radius 2 is 2.15 bits per heavy atom. The molecule has 0 atom stereocenters. The zero-order valence-electron chi connectivity index (χ0n) is 12.6. The number of nitrogens with zero attached hydrogens (tertiary/aromatic N) is 2. The number of rotatable bonds is 5. The summed E-state index contributed by atoms with van der Waals surface area (Å²) < 4.78 is 5.72. The standard InChI is InChI=1S/C16H25N3O/c1-3-17-16(19-10-4-5-11-19)18-9-12-20-15-8-6-7-14(2)13-15/h6-8,13H,3-5,9-12H2,1-2H3,(H,17,18). The smallest absolute Gasteiger partial charge is 0.194 e. The van der Waals surface area contributed by atoms with Crippen LogP contribution in [0.5, 0.6) is 5.75 Å². The van der Waals surface area contributed by atoms with E-state index in [-0.39, 0.29) is 0 Å². The number of hydrogen-bond acceptors (Lipinski definition) is 2. The Morgan fingerprint density at radius 1 is 1.35 bits per heavy atom. The van der Waals surface area contributed by atoms with Crippen LogP contribution in [0.4, 0.5) is 0 Å². The first-order valence-electron chi connectivity index (χ1n) is 7.52. The molecule has 1 aliphatic heterocycles. The topological polar surface area (TPSA) is 36.9 Å². The Bertz CT molecular complexity index is 439. The van der Waals surface area contributed by atoms with Crippen LogP contribution in [0.1, 0.15) is 25.3 Å². The minimum absolute atomic E-state index is 0.617. The van der Waals surface area contributed by atoms with Crippen LogP contribution < -0.4 is 10.1 Å². The molecule has 1 aliphatic rings. The van der Waals surface area contributed by atoms with Gasteiger partial charge in [-0.1, -0.05) is 12.1 Å². The number of guanidine groups is 1. The van der Waals surface area contributed by atoms with Crippen molar-refractivity contribution < 1.29 is 4.74 Å². The molecule has 1 heterocycles. The first-order chi connectivity index (χ1) is 9.79. The molecule has 1 aromatic carbocycles. The van der Waals surface area contributed by atoms with Crippen molar-refractivity contribution in [2.45, 2.75) is 26.7 Å². The van der Waals surface area contributed by atoms with Gasteiger partial charge in [-0.3, -0.25) is 0 Å². The molecule has 0 saturated carbocycles. The average molecular weight is 275 g/mol. The Balaban J connectivity index is 1.80. The normalized spacial score (nSPS) is 15.5. The maximum absolute atomic E-state index is 5.72. The van der Waals surface area contributed by atoms with E-state index in [2.05, 4.69) is 41.2 Å². The van der Waals surface area contributed by atoms with E-state index in [0.717, 1.165) is 31.3 Å². The van der Waals surface area contributed by atoms with Gasteiger partial charge >= 0.3 is 0 Å². The molecule has 0 aliphatic carbocycles. The van der Waals surface area contributed by atoms with Crippen LogP contribution in [0, 0.1) is 6.92 Å². The SMILES string of the molecule is CCNC(=NCCOc1cccc(C)c1)N1CCCC1. The van der Waals surface area contributed by atoms with E-state index in [0.29, 0.717) is 13.2 Å². The van der Waals surface area contributed by atoms with Crippen LogP contribution in [0.15, 0.2) is 29.3 Å². The highest BCUT2D eigenvalue weighted by Crippen LogP contribution is 2.12. The third-order valence-electron chi connectivity index (χ3n) is 3.35. The van der Waals surface area contributed by atoms with Gasteiger partial charge in [0.25, 0.3) is 0 Å². The maximum Gasteiger partial charge on any atom is 0.194 e. The number of benzene rings is 1. The van der Waals surface area contributed by atoms with E-state index in [1.54, 1.807) is 0 Å². The van der Waals surface area contributed by atoms with Gasteiger partial charge in [0.05, 0.1) is 6.54 Å². The highest BCUT2D eigenvalue weighted by Gasteiger charge is 2.14. The van der Waals surface area contributed by atoms with Crippen molar-refractivity contribution in [2.24, 2.45) is 4.99 Å². The number of aliphatic imine (C=N–C) groups is 1. The molecular weight excluding hydrogens is 250 g/mol. The number of aryl methyl sites for hydroxylation is 1. The van der Waals surface area contributed by atoms with Gasteiger partial charge in [0.1, 0.15) is 12.4 Å². The molecule has 4 nitrogen and oxygen atoms in total. The lowest BCUT2D eigenvalue weighted by Gasteiger charge is -2.20. The molecule has 1 aromatic rings. The molecule has 110 valence electrons. The minimum Gasteiger partial charge on any atom is -0.492 e. The molecule has 0 radical (unpaired) electrons. The molecule has 1 fully saturated rings. The third kappa shape index (κ3) is 4.44. The van der Waals surface area contributed by atoms with Crippen molar-refractivity contribution in [3.8, 4) is 5.75 Å². The third-order valence-corrected chi connectivity index (χ3v) is 3.35. The maximum atomic E-state index is 5.72. The van der Waals surface area contributed by atoms with E-state index in [9.17, 15) is 0 Å². The van der Waals surface area contributed by atoms with Crippen LogP contribution in [-0.4, -0.2) is 43.6 Å². The number of likely N-dealkylation sites (tertiary alicyclic amines) is 1. The fraction of sp³-hybridized carbons (Fsp3) is 0.562. The van der Waals surface area contributed by atoms with Crippen molar-refractivity contribution in [1.29, 1.82) is 0 Å². The van der Waals surface area contributed by atoms with Gasteiger partial charge < -0.3 is 15.0 Å². The Kier molecular flexibility index (Phi) is 5.71. The first kappa shape index (κ1) is 14.7. The van der Waals surface area contributed by atoms with Crippen LogP contribution in [0.25, 0.3) is 0 Å². The summed E-state index contributed by atoms with van der Waals surface area (Å²) in [4.78, 5) is 6.97. The summed E-state index contributed by atoms with van der Waals surface area (Å²) in [5.74, 6) is 1.95. The second-order valence-corrected chi connectivity index (χ2v) is 5.09. The van der Waals surface area contributed by atoms with Gasteiger partial charge in [-0.2, -0.15) is 0 Å². The molecule has 0 aromatic heterocycles. The number of ether oxygens (including phenoxy) is 1. The zero-order chi connectivity index (χ0) is 14.2. The van der Waals surface area contributed by atoms with Crippen LogP contribution in [-0.2, 0) is 0 Å². The molecule has 0 bridgehead atoms. The predicted octanol–water partition coefficient (Wildman–Crippen LogP) is 2.44. The second kappa shape index (κ2) is 7.78. The molecule has 1 N–H and O–H groups in total. The lowest BCUT2D eigenvalue weighted by Crippen LogP contribution is -2.39. The van der Waals surface area contributed by atoms with Crippen LogP contribution >= 0.6 is 0 Å². The van der Waals surface area contributed by atoms with E-state index < -0.39 is 0 Å². The molecular formula is C16H25N3O. The van der Waals surface area contributed by atoms with E-state index >= 15 is 0 Å². The summed E-state index contributed by atoms with van der Waals surface area (Å²) in [6.07, 6.45) is 2.54. The predicted molar refractivity (Wildman–Crippen MR) is 83.5 cm³/mol. The largest absolute Gasteiger partial charge is 0.492 e. The van der Waals surface area contributed by atoms with Crippen LogP contribution in [0.2, 0.25) is 0 Å². The monoisotopic (exact) mass is 275 g/mol. The molecule has 0 spiro atoms. The number of nitrogens with one attached hydrogen (secondary N) is 1. The van der Waals surface area contributed by atoms with Crippen molar-refractivity contribution in [1.82, 2.24) is 10.2 Å². The molecule has 4 heteroatoms. The summed E-state index contributed by atoms with van der Waals surface area (Å²) in [6, 6.07) is 8.13. The summed E-state index contributed by atoms with van der Waals surface area (Å²) in [5, 5.41) is 3.35. The summed E-state index contributed by atoms with van der Waals surface area (Å²) in [7, 11) is 0. The quantitative estimate of drug-likeness (QED) is 0.509. The lowest BCUT2D eigenvalue weighted by molar-refractivity contribution is 0.327. The fourth-order valence-corrected chi connectivity index (χ4v) is 2.37. The Morgan fingerprint density at radius 3 is 2.85 bits per heavy atom. The first-order valence-corrected chi connectivity index (χ1v) is 7.52. The van der Waals surface area contributed by atoms with Crippen molar-refractivity contribution in [3.05, 3.63) is 29.8 Å². The van der Waals surface area contributed by atoms with Crippen molar-refractivity contribution in [3.63, 3.8) is 0 Å². The summed E-state index contributed by atoms with van der Waals surface area (Å²) in [6.45, 7) is 8.62. The van der Waals surface area contributed by atoms with E-state index in [1.165, 1.54) is 18.4 Å². The highest BCUT2D eigenvalue weighted by atomic mass is 16.5. The molecule has 0 unspecified atom stereocenters. The van der Waals surface area contributed by atoms with Gasteiger partial charge in [0, 0.05) is 19.6 Å². The number of hydrogen-bond donors (Lipinski definition) is 1. The molecule has 1 saturated heterocycles. The molecule has 0 amide bonds. The minimum atomic E-state index is 0.617. The Labute approximate surface area is 121 Å². The van der Waals surface area contributed by atoms with Crippen molar-refractivity contribution >= 4 is 5.96 Å². The Hall–Kier alpha value is -1.71. The second-order valence-electron chi connectivity index (χ2n) is 5.09. The van der Waals surface area contributed by atoms with Crippen LogP contribution in [0.3, 0.4) is 0 Å². The zero-order valence-corrected chi connectivity index (χ0v) is 12.6.